The van der Waals surface area contributed by atoms with Crippen LogP contribution in [0.4, 0.5) is 0 Å². The zero-order valence-corrected chi connectivity index (χ0v) is 13.7. The van der Waals surface area contributed by atoms with E-state index in [1.54, 1.807) is 0 Å². The van der Waals surface area contributed by atoms with Gasteiger partial charge in [-0.3, -0.25) is 9.69 Å². The van der Waals surface area contributed by atoms with Crippen LogP contribution in [0.2, 0.25) is 0 Å². The Morgan fingerprint density at radius 1 is 1.14 bits per heavy atom. The molecule has 0 aromatic rings. The number of nitrogens with zero attached hydrogens (tertiary/aromatic N) is 2. The summed E-state index contributed by atoms with van der Waals surface area (Å²) in [5.74, 6) is 0.00486. The van der Waals surface area contributed by atoms with Crippen molar-refractivity contribution in [1.82, 2.24) is 15.1 Å². The Kier molecular flexibility index (Phi) is 6.45. The molecule has 0 aromatic carbocycles. The maximum atomic E-state index is 12.7. The van der Waals surface area contributed by atoms with Gasteiger partial charge in [-0.1, -0.05) is 6.92 Å². The lowest BCUT2D eigenvalue weighted by molar-refractivity contribution is -0.160. The predicted octanol–water partition coefficient (Wildman–Crippen LogP) is 1.09. The molecule has 5 heteroatoms. The molecule has 2 heterocycles. The summed E-state index contributed by atoms with van der Waals surface area (Å²) >= 11 is 0. The maximum Gasteiger partial charge on any atom is 0.326 e. The van der Waals surface area contributed by atoms with Gasteiger partial charge in [0.05, 0.1) is 6.61 Å². The third-order valence-corrected chi connectivity index (χ3v) is 4.82. The van der Waals surface area contributed by atoms with Crippen LogP contribution in [-0.2, 0) is 9.53 Å². The Hall–Kier alpha value is -0.650. The van der Waals surface area contributed by atoms with Crippen LogP contribution < -0.4 is 5.32 Å². The highest BCUT2D eigenvalue weighted by molar-refractivity contribution is 5.81. The highest BCUT2D eigenvalue weighted by atomic mass is 16.5. The van der Waals surface area contributed by atoms with Crippen molar-refractivity contribution in [3.63, 3.8) is 0 Å². The van der Waals surface area contributed by atoms with Crippen molar-refractivity contribution in [2.75, 3.05) is 52.4 Å². The average molecular weight is 297 g/mol. The van der Waals surface area contributed by atoms with Crippen LogP contribution in [0.3, 0.4) is 0 Å². The fourth-order valence-corrected chi connectivity index (χ4v) is 3.72. The molecule has 2 saturated heterocycles. The number of nitrogens with one attached hydrogen (secondary N) is 1. The monoisotopic (exact) mass is 297 g/mol. The van der Waals surface area contributed by atoms with Gasteiger partial charge in [-0.05, 0) is 45.7 Å². The summed E-state index contributed by atoms with van der Waals surface area (Å²) in [6.45, 7) is 11.7. The van der Waals surface area contributed by atoms with Crippen molar-refractivity contribution in [1.29, 1.82) is 0 Å². The normalized spacial score (nSPS) is 29.0. The number of piperazine rings is 1. The van der Waals surface area contributed by atoms with Gasteiger partial charge in [0.15, 0.2) is 0 Å². The van der Waals surface area contributed by atoms with Crippen molar-refractivity contribution in [2.45, 2.75) is 45.1 Å². The number of carbonyl (C=O) groups excluding carboxylic acids is 1. The summed E-state index contributed by atoms with van der Waals surface area (Å²) < 4.78 is 5.47. The van der Waals surface area contributed by atoms with E-state index in [0.717, 1.165) is 65.1 Å². The van der Waals surface area contributed by atoms with Crippen molar-refractivity contribution < 1.29 is 9.53 Å². The molecule has 2 rings (SSSR count). The summed E-state index contributed by atoms with van der Waals surface area (Å²) in [6.07, 6.45) is 4.11. The zero-order valence-electron chi connectivity index (χ0n) is 13.7. The lowest BCUT2D eigenvalue weighted by atomic mass is 9.87. The minimum absolute atomic E-state index is 0.00486. The molecule has 21 heavy (non-hydrogen) atoms. The molecular weight excluding hydrogens is 266 g/mol. The lowest BCUT2D eigenvalue weighted by Gasteiger charge is -2.43. The first-order valence-electron chi connectivity index (χ1n) is 8.58. The van der Waals surface area contributed by atoms with E-state index in [-0.39, 0.29) is 11.5 Å². The first-order chi connectivity index (χ1) is 10.2. The number of ether oxygens (including phenoxy) is 1. The number of hydrogen-bond donors (Lipinski definition) is 1. The molecule has 0 saturated carbocycles. The lowest BCUT2D eigenvalue weighted by Crippen LogP contribution is -2.61. The van der Waals surface area contributed by atoms with E-state index in [0.29, 0.717) is 6.61 Å². The van der Waals surface area contributed by atoms with Crippen molar-refractivity contribution in [3.8, 4) is 0 Å². The van der Waals surface area contributed by atoms with Gasteiger partial charge in [0, 0.05) is 32.7 Å². The van der Waals surface area contributed by atoms with Crippen LogP contribution in [0, 0.1) is 0 Å². The number of likely N-dealkylation sites (tertiary alicyclic amines) is 1. The second kappa shape index (κ2) is 8.11. The van der Waals surface area contributed by atoms with Gasteiger partial charge in [0.2, 0.25) is 0 Å². The summed E-state index contributed by atoms with van der Waals surface area (Å²) in [7, 11) is 0. The standard InChI is InChI=1S/C16H31N3O2/c1-3-10-18-11-5-6-16(7-12-18,15(20)21-4-2)19-13-8-17-9-14-19/h17H,3-14H2,1-2H3. The molecule has 0 aromatic heterocycles. The number of hydrogen-bond acceptors (Lipinski definition) is 5. The predicted molar refractivity (Wildman–Crippen MR) is 84.4 cm³/mol. The van der Waals surface area contributed by atoms with Crippen molar-refractivity contribution in [3.05, 3.63) is 0 Å². The first kappa shape index (κ1) is 16.7. The highest BCUT2D eigenvalue weighted by Gasteiger charge is 2.46. The van der Waals surface area contributed by atoms with Crippen molar-refractivity contribution in [2.24, 2.45) is 0 Å². The molecule has 0 aliphatic carbocycles. The quantitative estimate of drug-likeness (QED) is 0.770. The van der Waals surface area contributed by atoms with Crippen LogP contribution in [0.5, 0.6) is 0 Å². The van der Waals surface area contributed by atoms with Gasteiger partial charge in [-0.15, -0.1) is 0 Å². The van der Waals surface area contributed by atoms with Gasteiger partial charge in [-0.2, -0.15) is 0 Å². The van der Waals surface area contributed by atoms with Gasteiger partial charge in [0.1, 0.15) is 5.54 Å². The molecule has 1 unspecified atom stereocenters. The Balaban J connectivity index is 2.13. The molecule has 5 nitrogen and oxygen atoms in total. The molecule has 2 aliphatic rings. The molecule has 1 N–H and O–H groups in total. The van der Waals surface area contributed by atoms with Crippen LogP contribution in [0.15, 0.2) is 0 Å². The van der Waals surface area contributed by atoms with Crippen LogP contribution >= 0.6 is 0 Å². The van der Waals surface area contributed by atoms with E-state index in [4.69, 9.17) is 4.74 Å². The minimum Gasteiger partial charge on any atom is -0.465 e. The molecule has 2 aliphatic heterocycles. The number of esters is 1. The molecule has 122 valence electrons. The smallest absolute Gasteiger partial charge is 0.326 e. The fourth-order valence-electron chi connectivity index (χ4n) is 3.72. The third kappa shape index (κ3) is 3.96. The average Bonchev–Trinajstić information content (AvgIpc) is 2.72. The summed E-state index contributed by atoms with van der Waals surface area (Å²) in [5.41, 5.74) is -0.388. The van der Waals surface area contributed by atoms with Gasteiger partial charge >= 0.3 is 5.97 Å². The molecule has 2 fully saturated rings. The van der Waals surface area contributed by atoms with Crippen molar-refractivity contribution >= 4 is 5.97 Å². The zero-order chi connectivity index (χ0) is 15.1. The molecule has 0 radical (unpaired) electrons. The molecular formula is C16H31N3O2. The third-order valence-electron chi connectivity index (χ3n) is 4.82. The largest absolute Gasteiger partial charge is 0.465 e. The van der Waals surface area contributed by atoms with Crippen LogP contribution in [0.25, 0.3) is 0 Å². The maximum absolute atomic E-state index is 12.7. The topological polar surface area (TPSA) is 44.8 Å². The summed E-state index contributed by atoms with van der Waals surface area (Å²) in [6, 6.07) is 0. The first-order valence-corrected chi connectivity index (χ1v) is 8.58. The van der Waals surface area contributed by atoms with E-state index in [9.17, 15) is 4.79 Å². The Morgan fingerprint density at radius 3 is 2.57 bits per heavy atom. The number of rotatable bonds is 5. The Bertz CT molecular complexity index is 331. The molecule has 0 amide bonds. The van der Waals surface area contributed by atoms with Gasteiger partial charge in [0.25, 0.3) is 0 Å². The fraction of sp³-hybridized carbons (Fsp3) is 0.938. The summed E-state index contributed by atoms with van der Waals surface area (Å²) in [5, 5.41) is 3.38. The second-order valence-corrected chi connectivity index (χ2v) is 6.18. The van der Waals surface area contributed by atoms with Gasteiger partial charge in [-0.25, -0.2) is 0 Å². The number of carbonyl (C=O) groups is 1. The highest BCUT2D eigenvalue weighted by Crippen LogP contribution is 2.31. The molecule has 1 atom stereocenters. The van der Waals surface area contributed by atoms with E-state index in [1.807, 2.05) is 6.92 Å². The molecule has 0 spiro atoms. The van der Waals surface area contributed by atoms with E-state index in [2.05, 4.69) is 22.0 Å². The molecule has 0 bridgehead atoms. The van der Waals surface area contributed by atoms with Crippen LogP contribution in [-0.4, -0.2) is 73.7 Å². The second-order valence-electron chi connectivity index (χ2n) is 6.18. The van der Waals surface area contributed by atoms with Crippen LogP contribution in [0.1, 0.15) is 39.5 Å². The van der Waals surface area contributed by atoms with E-state index < -0.39 is 0 Å². The van der Waals surface area contributed by atoms with E-state index >= 15 is 0 Å². The van der Waals surface area contributed by atoms with E-state index in [1.165, 1.54) is 6.42 Å². The Labute approximate surface area is 129 Å². The minimum atomic E-state index is -0.388. The summed E-state index contributed by atoms with van der Waals surface area (Å²) in [4.78, 5) is 17.6. The SMILES string of the molecule is CCCN1CCCC(C(=O)OCC)(N2CCNCC2)CC1. The Morgan fingerprint density at radius 2 is 1.90 bits per heavy atom. The van der Waals surface area contributed by atoms with Gasteiger partial charge < -0.3 is 15.0 Å².